The summed E-state index contributed by atoms with van der Waals surface area (Å²) in [5, 5.41) is 2.43. The molecule has 0 aromatic heterocycles. The van der Waals surface area contributed by atoms with Crippen LogP contribution in [0.2, 0.25) is 0 Å². The standard InChI is InChI=1S/C9H15F3N2O/c1-7(15)14-4-2-3-8(5-14)13-6-9(10,11)12/h8,13H,2-6H2,1H3/t8-/m1/s1. The van der Waals surface area contributed by atoms with Crippen molar-refractivity contribution in [3.8, 4) is 0 Å². The van der Waals surface area contributed by atoms with Crippen LogP contribution in [0.25, 0.3) is 0 Å². The fourth-order valence-electron chi connectivity index (χ4n) is 1.69. The fraction of sp³-hybridized carbons (Fsp3) is 0.889. The molecule has 1 fully saturated rings. The van der Waals surface area contributed by atoms with Crippen LogP contribution >= 0.6 is 0 Å². The molecule has 0 aromatic rings. The highest BCUT2D eigenvalue weighted by atomic mass is 19.4. The van der Waals surface area contributed by atoms with Gasteiger partial charge in [-0.2, -0.15) is 13.2 Å². The highest BCUT2D eigenvalue weighted by Crippen LogP contribution is 2.15. The number of carbonyl (C=O) groups is 1. The minimum absolute atomic E-state index is 0.0755. The van der Waals surface area contributed by atoms with Gasteiger partial charge in [0.05, 0.1) is 6.54 Å². The van der Waals surface area contributed by atoms with E-state index in [-0.39, 0.29) is 11.9 Å². The van der Waals surface area contributed by atoms with Crippen LogP contribution in [0.4, 0.5) is 13.2 Å². The van der Waals surface area contributed by atoms with Gasteiger partial charge < -0.3 is 10.2 Å². The van der Waals surface area contributed by atoms with Crippen LogP contribution in [0.1, 0.15) is 19.8 Å². The number of alkyl halides is 3. The number of nitrogens with one attached hydrogen (secondary N) is 1. The van der Waals surface area contributed by atoms with Crippen molar-refractivity contribution in [3.05, 3.63) is 0 Å². The summed E-state index contributed by atoms with van der Waals surface area (Å²) in [7, 11) is 0. The van der Waals surface area contributed by atoms with Crippen LogP contribution < -0.4 is 5.32 Å². The molecule has 88 valence electrons. The molecule has 0 unspecified atom stereocenters. The van der Waals surface area contributed by atoms with Gasteiger partial charge in [-0.15, -0.1) is 0 Å². The predicted octanol–water partition coefficient (Wildman–Crippen LogP) is 1.15. The summed E-state index contributed by atoms with van der Waals surface area (Å²) in [6, 6.07) is -0.232. The molecule has 0 spiro atoms. The zero-order valence-electron chi connectivity index (χ0n) is 8.60. The highest BCUT2D eigenvalue weighted by molar-refractivity contribution is 5.73. The summed E-state index contributed by atoms with van der Waals surface area (Å²) < 4.78 is 35.8. The lowest BCUT2D eigenvalue weighted by molar-refractivity contribution is -0.132. The molecule has 15 heavy (non-hydrogen) atoms. The molecule has 1 aliphatic heterocycles. The first-order valence-corrected chi connectivity index (χ1v) is 4.94. The van der Waals surface area contributed by atoms with Crippen molar-refractivity contribution in [2.75, 3.05) is 19.6 Å². The van der Waals surface area contributed by atoms with Crippen molar-refractivity contribution in [1.29, 1.82) is 0 Å². The molecular formula is C9H15F3N2O. The van der Waals surface area contributed by atoms with Crippen LogP contribution in [0.15, 0.2) is 0 Å². The molecule has 0 aliphatic carbocycles. The second kappa shape index (κ2) is 4.83. The first kappa shape index (κ1) is 12.3. The van der Waals surface area contributed by atoms with E-state index in [1.54, 1.807) is 4.90 Å². The van der Waals surface area contributed by atoms with Crippen molar-refractivity contribution in [2.45, 2.75) is 32.0 Å². The lowest BCUT2D eigenvalue weighted by Gasteiger charge is -2.32. The Labute approximate surface area is 86.6 Å². The molecule has 0 saturated carbocycles. The van der Waals surface area contributed by atoms with Crippen molar-refractivity contribution in [1.82, 2.24) is 10.2 Å². The summed E-state index contributed by atoms with van der Waals surface area (Å²) in [5.74, 6) is -0.0755. The molecular weight excluding hydrogens is 209 g/mol. The maximum Gasteiger partial charge on any atom is 0.401 e. The third-order valence-electron chi connectivity index (χ3n) is 2.46. The molecule has 1 N–H and O–H groups in total. The maximum absolute atomic E-state index is 11.9. The quantitative estimate of drug-likeness (QED) is 0.763. The van der Waals surface area contributed by atoms with Crippen LogP contribution in [0, 0.1) is 0 Å². The average molecular weight is 224 g/mol. The van der Waals surface area contributed by atoms with Crippen LogP contribution in [0.3, 0.4) is 0 Å². The normalized spacial score (nSPS) is 22.9. The molecule has 1 aliphatic rings. The minimum Gasteiger partial charge on any atom is -0.341 e. The van der Waals surface area contributed by atoms with Crippen molar-refractivity contribution in [2.24, 2.45) is 0 Å². The molecule has 1 rings (SSSR count). The number of likely N-dealkylation sites (tertiary alicyclic amines) is 1. The lowest BCUT2D eigenvalue weighted by atomic mass is 10.1. The Kier molecular flexibility index (Phi) is 3.96. The van der Waals surface area contributed by atoms with E-state index in [1.807, 2.05) is 0 Å². The summed E-state index contributed by atoms with van der Waals surface area (Å²) in [6.45, 7) is 1.49. The Morgan fingerprint density at radius 2 is 2.20 bits per heavy atom. The van der Waals surface area contributed by atoms with E-state index >= 15 is 0 Å². The maximum atomic E-state index is 11.9. The van der Waals surface area contributed by atoms with Crippen LogP contribution in [-0.2, 0) is 4.79 Å². The molecule has 0 radical (unpaired) electrons. The Bertz CT molecular complexity index is 230. The number of carbonyl (C=O) groups excluding carboxylic acids is 1. The van der Waals surface area contributed by atoms with Gasteiger partial charge in [0.15, 0.2) is 0 Å². The summed E-state index contributed by atoms with van der Waals surface area (Å²) in [4.78, 5) is 12.6. The molecule has 1 amide bonds. The first-order chi connectivity index (χ1) is 6.88. The third kappa shape index (κ3) is 4.51. The molecule has 0 aromatic carbocycles. The van der Waals surface area contributed by atoms with Gasteiger partial charge in [-0.05, 0) is 12.8 Å². The summed E-state index contributed by atoms with van der Waals surface area (Å²) in [6.07, 6.45) is -2.73. The molecule has 1 atom stereocenters. The van der Waals surface area contributed by atoms with E-state index in [2.05, 4.69) is 5.32 Å². The van der Waals surface area contributed by atoms with Crippen molar-refractivity contribution >= 4 is 5.91 Å². The average Bonchev–Trinajstić information content (AvgIpc) is 2.14. The topological polar surface area (TPSA) is 32.3 Å². The number of hydrogen-bond donors (Lipinski definition) is 1. The second-order valence-electron chi connectivity index (χ2n) is 3.80. The summed E-state index contributed by atoms with van der Waals surface area (Å²) in [5.41, 5.74) is 0. The van der Waals surface area contributed by atoms with Gasteiger partial charge >= 0.3 is 6.18 Å². The van der Waals surface area contributed by atoms with E-state index in [9.17, 15) is 18.0 Å². The Hall–Kier alpha value is -0.780. The van der Waals surface area contributed by atoms with E-state index < -0.39 is 12.7 Å². The zero-order valence-corrected chi connectivity index (χ0v) is 8.60. The number of piperidine rings is 1. The molecule has 1 saturated heterocycles. The minimum atomic E-state index is -4.18. The lowest BCUT2D eigenvalue weighted by Crippen LogP contribution is -2.49. The zero-order chi connectivity index (χ0) is 11.5. The number of nitrogens with zero attached hydrogens (tertiary/aromatic N) is 1. The van der Waals surface area contributed by atoms with Gasteiger partial charge in [0.25, 0.3) is 0 Å². The number of rotatable bonds is 2. The monoisotopic (exact) mass is 224 g/mol. The van der Waals surface area contributed by atoms with Gasteiger partial charge in [-0.1, -0.05) is 0 Å². The van der Waals surface area contributed by atoms with Crippen molar-refractivity contribution < 1.29 is 18.0 Å². The molecule has 0 bridgehead atoms. The largest absolute Gasteiger partial charge is 0.401 e. The van der Waals surface area contributed by atoms with E-state index in [0.29, 0.717) is 19.5 Å². The van der Waals surface area contributed by atoms with Crippen LogP contribution in [0.5, 0.6) is 0 Å². The molecule has 6 heteroatoms. The van der Waals surface area contributed by atoms with Gasteiger partial charge in [0.2, 0.25) is 5.91 Å². The molecule has 1 heterocycles. The van der Waals surface area contributed by atoms with Gasteiger partial charge in [-0.25, -0.2) is 0 Å². The SMILES string of the molecule is CC(=O)N1CCC[C@@H](NCC(F)(F)F)C1. The summed E-state index contributed by atoms with van der Waals surface area (Å²) >= 11 is 0. The number of hydrogen-bond acceptors (Lipinski definition) is 2. The van der Waals surface area contributed by atoms with Gasteiger partial charge in [-0.3, -0.25) is 4.79 Å². The molecule has 3 nitrogen and oxygen atoms in total. The van der Waals surface area contributed by atoms with Crippen molar-refractivity contribution in [3.63, 3.8) is 0 Å². The predicted molar refractivity (Wildman–Crippen MR) is 49.3 cm³/mol. The third-order valence-corrected chi connectivity index (χ3v) is 2.46. The van der Waals surface area contributed by atoms with E-state index in [1.165, 1.54) is 6.92 Å². The number of amides is 1. The van der Waals surface area contributed by atoms with Gasteiger partial charge in [0.1, 0.15) is 0 Å². The Morgan fingerprint density at radius 3 is 2.73 bits per heavy atom. The smallest absolute Gasteiger partial charge is 0.341 e. The Balaban J connectivity index is 2.34. The number of halogens is 3. The Morgan fingerprint density at radius 1 is 1.53 bits per heavy atom. The van der Waals surface area contributed by atoms with E-state index in [4.69, 9.17) is 0 Å². The first-order valence-electron chi connectivity index (χ1n) is 4.94. The highest BCUT2D eigenvalue weighted by Gasteiger charge is 2.29. The van der Waals surface area contributed by atoms with Gasteiger partial charge in [0, 0.05) is 26.1 Å². The second-order valence-corrected chi connectivity index (χ2v) is 3.80. The fourth-order valence-corrected chi connectivity index (χ4v) is 1.69. The van der Waals surface area contributed by atoms with Crippen LogP contribution in [-0.4, -0.2) is 42.7 Å². The van der Waals surface area contributed by atoms with E-state index in [0.717, 1.165) is 6.42 Å².